The van der Waals surface area contributed by atoms with E-state index in [1.807, 2.05) is 13.0 Å². The van der Waals surface area contributed by atoms with Crippen molar-refractivity contribution in [3.63, 3.8) is 0 Å². The second-order valence-electron chi connectivity index (χ2n) is 18.3. The molecule has 1 spiro atoms. The van der Waals surface area contributed by atoms with Crippen molar-refractivity contribution in [2.24, 2.45) is 45.8 Å². The molecule has 0 aromatic heterocycles. The molecule has 4 saturated carbocycles. The third-order valence-corrected chi connectivity index (χ3v) is 16.1. The molecule has 9 heteroatoms. The number of amides is 1. The summed E-state index contributed by atoms with van der Waals surface area (Å²) in [4.78, 5) is 28.5. The fraction of sp³-hybridized carbons (Fsp3) is 0.756. The maximum Gasteiger partial charge on any atom is 0.227 e. The molecule has 0 unspecified atom stereocenters. The highest BCUT2D eigenvalue weighted by Gasteiger charge is 2.78. The number of hydrogen-bond acceptors (Lipinski definition) is 8. The zero-order valence-corrected chi connectivity index (χ0v) is 30.4. The normalized spacial score (nSPS) is 45.2. The molecule has 6 fully saturated rings. The molecule has 1 amide bonds. The van der Waals surface area contributed by atoms with Gasteiger partial charge in [0, 0.05) is 41.5 Å². The number of epoxide rings is 1. The van der Waals surface area contributed by atoms with Gasteiger partial charge in [-0.1, -0.05) is 27.7 Å². The van der Waals surface area contributed by atoms with E-state index in [0.29, 0.717) is 63.1 Å². The Morgan fingerprint density at radius 1 is 1.06 bits per heavy atom. The lowest BCUT2D eigenvalue weighted by atomic mass is 9.39. The van der Waals surface area contributed by atoms with Crippen molar-refractivity contribution in [2.45, 2.75) is 141 Å². The first-order valence-corrected chi connectivity index (χ1v) is 19.4. The van der Waals surface area contributed by atoms with Crippen LogP contribution in [0.25, 0.3) is 0 Å². The van der Waals surface area contributed by atoms with Gasteiger partial charge in [-0.05, 0) is 130 Å². The van der Waals surface area contributed by atoms with Crippen LogP contribution in [0.2, 0.25) is 0 Å². The van der Waals surface area contributed by atoms with E-state index in [2.05, 4.69) is 27.7 Å². The number of phenolic OH excluding ortho intramolecular Hbond substituents is 1. The lowest BCUT2D eigenvalue weighted by Crippen LogP contribution is -2.67. The average Bonchev–Trinajstić information content (AvgIpc) is 3.53. The summed E-state index contributed by atoms with van der Waals surface area (Å²) in [5, 5.41) is 59.1. The van der Waals surface area contributed by atoms with Gasteiger partial charge in [-0.3, -0.25) is 9.59 Å². The van der Waals surface area contributed by atoms with Crippen molar-refractivity contribution < 1.29 is 39.9 Å². The molecule has 50 heavy (non-hydrogen) atoms. The fourth-order valence-electron chi connectivity index (χ4n) is 13.2. The van der Waals surface area contributed by atoms with E-state index < -0.39 is 45.6 Å². The van der Waals surface area contributed by atoms with Crippen molar-refractivity contribution in [3.8, 4) is 5.75 Å². The molecule has 2 aliphatic heterocycles. The number of ketones is 1. The standard InChI is InChI=1S/C41H57NO8/c1-22(2)23(3)35-36(50-35)38(5,48)31-10-13-41(49)32-21-29(44)28-20-30(45)34(47)27-9-12-39(32,37(27,28)4)14-15-40(31,41)11-8-24-17-25(19-26(43)18-24)42-16-6-7-33(42)46/h17-19,21-23,27-28,30-31,34-36,43,45,47-49H,6-16,20H2,1-5H3/t23-,27+,28+,30-,31-,34+,35+,36-,37+,38-,39+,40-,41-/m1/s1. The summed E-state index contributed by atoms with van der Waals surface area (Å²) < 4.78 is 6.29. The smallest absolute Gasteiger partial charge is 0.227 e. The molecule has 274 valence electrons. The average molecular weight is 692 g/mol. The molecular formula is C41H57NO8. The highest BCUT2D eigenvalue weighted by molar-refractivity contribution is 5.96. The lowest BCUT2D eigenvalue weighted by Gasteiger charge is -2.66. The fourth-order valence-corrected chi connectivity index (χ4v) is 13.2. The van der Waals surface area contributed by atoms with Crippen LogP contribution in [0.3, 0.4) is 0 Å². The monoisotopic (exact) mass is 691 g/mol. The number of benzene rings is 1. The predicted molar refractivity (Wildman–Crippen MR) is 187 cm³/mol. The number of aryl methyl sites for hydroxylation is 1. The van der Waals surface area contributed by atoms with Crippen LogP contribution in [-0.2, 0) is 20.7 Å². The Kier molecular flexibility index (Phi) is 7.89. The summed E-state index contributed by atoms with van der Waals surface area (Å²) in [5.74, 6) is -0.253. The van der Waals surface area contributed by atoms with Gasteiger partial charge in [0.25, 0.3) is 0 Å². The zero-order valence-electron chi connectivity index (χ0n) is 30.4. The third kappa shape index (κ3) is 4.48. The minimum Gasteiger partial charge on any atom is -0.508 e. The number of rotatable bonds is 8. The van der Waals surface area contributed by atoms with E-state index in [-0.39, 0.29) is 53.8 Å². The van der Waals surface area contributed by atoms with Gasteiger partial charge in [-0.25, -0.2) is 0 Å². The lowest BCUT2D eigenvalue weighted by molar-refractivity contribution is -0.193. The van der Waals surface area contributed by atoms with Crippen LogP contribution in [0.15, 0.2) is 29.8 Å². The van der Waals surface area contributed by atoms with E-state index in [1.165, 1.54) is 0 Å². The SMILES string of the molecule is CC(C)[C@@H](C)[C@@H]1O[C@H]1[C@](C)(O)[C@H]1CC[C@@]2(O)C3=CC(=O)[C@@H]4C[C@@H](O)[C@@H](O)[C@@H]5CC[C@@]3(CC[C@]12CCc1cc(O)cc(N2CCCC2=O)c1)[C@]45C. The molecule has 2 saturated heterocycles. The molecule has 13 atom stereocenters. The van der Waals surface area contributed by atoms with Crippen molar-refractivity contribution in [3.05, 3.63) is 35.4 Å². The first-order valence-electron chi connectivity index (χ1n) is 19.4. The number of hydrogen-bond donors (Lipinski definition) is 5. The molecule has 5 aliphatic carbocycles. The molecule has 8 rings (SSSR count). The van der Waals surface area contributed by atoms with Gasteiger partial charge in [0.15, 0.2) is 5.78 Å². The van der Waals surface area contributed by atoms with Gasteiger partial charge in [0.1, 0.15) is 11.9 Å². The highest BCUT2D eigenvalue weighted by Crippen LogP contribution is 2.79. The number of carbonyl (C=O) groups excluding carboxylic acids is 2. The van der Waals surface area contributed by atoms with E-state index in [9.17, 15) is 35.1 Å². The minimum absolute atomic E-state index is 0.0459. The number of aliphatic hydroxyl groups is 4. The largest absolute Gasteiger partial charge is 0.508 e. The van der Waals surface area contributed by atoms with Crippen LogP contribution < -0.4 is 4.90 Å². The number of nitrogens with zero attached hydrogens (tertiary/aromatic N) is 1. The predicted octanol–water partition coefficient (Wildman–Crippen LogP) is 4.84. The molecule has 2 heterocycles. The summed E-state index contributed by atoms with van der Waals surface area (Å²) in [5.41, 5.74) is -2.16. The number of fused-ring (bicyclic) bond motifs is 2. The second-order valence-corrected chi connectivity index (χ2v) is 18.3. The van der Waals surface area contributed by atoms with Crippen LogP contribution in [-0.4, -0.2) is 79.4 Å². The van der Waals surface area contributed by atoms with Crippen LogP contribution in [0.1, 0.15) is 104 Å². The number of allylic oxidation sites excluding steroid dienone is 1. The molecular weight excluding hydrogens is 634 g/mol. The Morgan fingerprint density at radius 3 is 2.52 bits per heavy atom. The van der Waals surface area contributed by atoms with Gasteiger partial charge < -0.3 is 35.2 Å². The van der Waals surface area contributed by atoms with Gasteiger partial charge in [0.05, 0.1) is 29.5 Å². The summed E-state index contributed by atoms with van der Waals surface area (Å²) in [6.07, 6.45) is 5.76. The number of aromatic hydroxyl groups is 1. The first kappa shape index (κ1) is 34.8. The van der Waals surface area contributed by atoms with Crippen LogP contribution in [0.5, 0.6) is 5.75 Å². The van der Waals surface area contributed by atoms with E-state index in [4.69, 9.17) is 4.74 Å². The second kappa shape index (κ2) is 11.3. The molecule has 9 nitrogen and oxygen atoms in total. The summed E-state index contributed by atoms with van der Waals surface area (Å²) in [6, 6.07) is 5.35. The van der Waals surface area contributed by atoms with Gasteiger partial charge in [-0.2, -0.15) is 0 Å². The maximum atomic E-state index is 14.2. The minimum atomic E-state index is -1.38. The Morgan fingerprint density at radius 2 is 1.82 bits per heavy atom. The van der Waals surface area contributed by atoms with Gasteiger partial charge >= 0.3 is 0 Å². The van der Waals surface area contributed by atoms with E-state index >= 15 is 0 Å². The summed E-state index contributed by atoms with van der Waals surface area (Å²) in [6.45, 7) is 11.2. The van der Waals surface area contributed by atoms with Crippen LogP contribution >= 0.6 is 0 Å². The number of anilines is 1. The Balaban J connectivity index is 1.21. The first-order chi connectivity index (χ1) is 23.5. The summed E-state index contributed by atoms with van der Waals surface area (Å²) in [7, 11) is 0. The number of aliphatic hydroxyl groups excluding tert-OH is 2. The quantitative estimate of drug-likeness (QED) is 0.243. The highest BCUT2D eigenvalue weighted by atomic mass is 16.6. The van der Waals surface area contributed by atoms with Crippen LogP contribution in [0, 0.1) is 45.8 Å². The molecule has 1 aromatic carbocycles. The maximum absolute atomic E-state index is 14.2. The van der Waals surface area contributed by atoms with Crippen molar-refractivity contribution in [2.75, 3.05) is 11.4 Å². The number of carbonyl (C=O) groups is 2. The summed E-state index contributed by atoms with van der Waals surface area (Å²) >= 11 is 0. The molecule has 0 radical (unpaired) electrons. The Bertz CT molecular complexity index is 1620. The van der Waals surface area contributed by atoms with Gasteiger partial charge in [0.2, 0.25) is 5.91 Å². The molecule has 5 N–H and O–H groups in total. The van der Waals surface area contributed by atoms with Crippen molar-refractivity contribution in [1.82, 2.24) is 0 Å². The number of phenols is 1. The van der Waals surface area contributed by atoms with Crippen LogP contribution in [0.4, 0.5) is 5.69 Å². The van der Waals surface area contributed by atoms with Gasteiger partial charge in [-0.15, -0.1) is 0 Å². The third-order valence-electron chi connectivity index (χ3n) is 16.1. The molecule has 7 aliphatic rings. The van der Waals surface area contributed by atoms with E-state index in [0.717, 1.165) is 30.4 Å². The zero-order chi connectivity index (χ0) is 35.8. The Hall–Kier alpha value is -2.30. The molecule has 0 bridgehead atoms. The van der Waals surface area contributed by atoms with Crippen molar-refractivity contribution in [1.29, 1.82) is 0 Å². The topological polar surface area (TPSA) is 151 Å². The number of ether oxygens (including phenoxy) is 1. The molecule has 1 aromatic rings. The Labute approximate surface area is 296 Å². The van der Waals surface area contributed by atoms with Crippen molar-refractivity contribution >= 4 is 17.4 Å². The van der Waals surface area contributed by atoms with E-state index in [1.54, 1.807) is 23.1 Å².